The molecule has 12 heteroatoms. The summed E-state index contributed by atoms with van der Waals surface area (Å²) in [5, 5.41) is 11.8. The highest BCUT2D eigenvalue weighted by atomic mass is 35.5. The molecule has 6 unspecified atom stereocenters. The number of benzene rings is 4. The molecule has 4 aromatic carbocycles. The minimum absolute atomic E-state index is 0.0161. The predicted molar refractivity (Wildman–Crippen MR) is 183 cm³/mol. The van der Waals surface area contributed by atoms with Gasteiger partial charge in [-0.05, 0) is 66.3 Å². The molecule has 2 aliphatic heterocycles. The molecule has 3 fully saturated rings. The summed E-state index contributed by atoms with van der Waals surface area (Å²) >= 11 is 6.33. The lowest BCUT2D eigenvalue weighted by Gasteiger charge is -2.50. The number of rotatable bonds is 6. The summed E-state index contributed by atoms with van der Waals surface area (Å²) < 4.78 is 45.0. The number of fused-ring (bicyclic) bond motifs is 4. The number of ether oxygens (including phenoxy) is 1. The molecule has 6 atom stereocenters. The van der Waals surface area contributed by atoms with Crippen LogP contribution in [0.4, 0.5) is 18.9 Å². The number of phenols is 1. The maximum absolute atomic E-state index is 15.3. The molecule has 2 saturated heterocycles. The lowest BCUT2D eigenvalue weighted by Crippen LogP contribution is -2.53. The van der Waals surface area contributed by atoms with Gasteiger partial charge in [0.2, 0.25) is 23.6 Å². The topological polar surface area (TPSA) is 104 Å². The SMILES string of the molecule is O=C1C2CC=C3C(CC4C(=O)N(c5cccc(Cl)c5)C(=O)C4(c4ccccc4)C3c3cc(OC(F)(F)F)ccc3O)C2C(=O)N1Cc1ccccc1. The van der Waals surface area contributed by atoms with Gasteiger partial charge < -0.3 is 9.84 Å². The molecule has 0 bridgehead atoms. The van der Waals surface area contributed by atoms with Crippen molar-refractivity contribution in [3.63, 3.8) is 0 Å². The van der Waals surface area contributed by atoms with Crippen molar-refractivity contribution in [2.45, 2.75) is 37.1 Å². The first-order valence-corrected chi connectivity index (χ1v) is 17.1. The Balaban J connectivity index is 1.35. The van der Waals surface area contributed by atoms with E-state index in [4.69, 9.17) is 11.6 Å². The normalized spacial score (nSPS) is 26.9. The third-order valence-electron chi connectivity index (χ3n) is 11.0. The summed E-state index contributed by atoms with van der Waals surface area (Å²) in [7, 11) is 0. The second-order valence-electron chi connectivity index (χ2n) is 13.6. The maximum atomic E-state index is 15.3. The summed E-state index contributed by atoms with van der Waals surface area (Å²) in [6.45, 7) is 0.0476. The zero-order chi connectivity index (χ0) is 36.5. The van der Waals surface area contributed by atoms with Gasteiger partial charge >= 0.3 is 6.36 Å². The number of aromatic hydroxyl groups is 1. The van der Waals surface area contributed by atoms with E-state index in [1.807, 2.05) is 18.2 Å². The summed E-state index contributed by atoms with van der Waals surface area (Å²) in [6, 6.07) is 26.8. The summed E-state index contributed by atoms with van der Waals surface area (Å²) in [4.78, 5) is 60.6. The number of phenolic OH excluding ortho intramolecular Hbond substituents is 1. The van der Waals surface area contributed by atoms with E-state index >= 15 is 4.79 Å². The van der Waals surface area contributed by atoms with Crippen LogP contribution in [0.1, 0.15) is 35.4 Å². The number of anilines is 1. The van der Waals surface area contributed by atoms with Crippen LogP contribution in [0.15, 0.2) is 115 Å². The highest BCUT2D eigenvalue weighted by molar-refractivity contribution is 6.32. The Labute approximate surface area is 301 Å². The third kappa shape index (κ3) is 5.20. The first-order valence-electron chi connectivity index (χ1n) is 16.8. The van der Waals surface area contributed by atoms with E-state index in [1.165, 1.54) is 11.0 Å². The van der Waals surface area contributed by atoms with Crippen molar-refractivity contribution in [3.05, 3.63) is 136 Å². The average molecular weight is 727 g/mol. The van der Waals surface area contributed by atoms with Crippen molar-refractivity contribution in [2.75, 3.05) is 4.90 Å². The van der Waals surface area contributed by atoms with E-state index < -0.39 is 70.6 Å². The monoisotopic (exact) mass is 726 g/mol. The Kier molecular flexibility index (Phi) is 8.02. The molecular formula is C40H30ClF3N2O6. The smallest absolute Gasteiger partial charge is 0.508 e. The molecule has 0 spiro atoms. The van der Waals surface area contributed by atoms with Crippen molar-refractivity contribution in [1.82, 2.24) is 4.90 Å². The zero-order valence-corrected chi connectivity index (χ0v) is 28.1. The highest BCUT2D eigenvalue weighted by Crippen LogP contribution is 2.65. The van der Waals surface area contributed by atoms with Crippen LogP contribution >= 0.6 is 11.6 Å². The minimum atomic E-state index is -5.07. The molecular weight excluding hydrogens is 697 g/mol. The van der Waals surface area contributed by atoms with Crippen LogP contribution in [0.3, 0.4) is 0 Å². The first kappa shape index (κ1) is 33.7. The number of hydrogen-bond donors (Lipinski definition) is 1. The molecule has 8 nitrogen and oxygen atoms in total. The van der Waals surface area contributed by atoms with Crippen LogP contribution in [-0.2, 0) is 31.1 Å². The Morgan fingerprint density at radius 2 is 1.54 bits per heavy atom. The fourth-order valence-corrected chi connectivity index (χ4v) is 9.22. The molecule has 2 heterocycles. The average Bonchev–Trinajstić information content (AvgIpc) is 3.50. The number of imide groups is 2. The number of likely N-dealkylation sites (tertiary alicyclic amines) is 1. The fraction of sp³-hybridized carbons (Fsp3) is 0.250. The van der Waals surface area contributed by atoms with Gasteiger partial charge in [-0.3, -0.25) is 24.1 Å². The van der Waals surface area contributed by atoms with Crippen molar-refractivity contribution in [2.24, 2.45) is 23.7 Å². The second-order valence-corrected chi connectivity index (χ2v) is 14.0. The van der Waals surface area contributed by atoms with Crippen LogP contribution < -0.4 is 9.64 Å². The summed E-state index contributed by atoms with van der Waals surface area (Å²) in [5.74, 6) is -7.96. The number of nitrogens with zero attached hydrogens (tertiary/aromatic N) is 2. The highest BCUT2D eigenvalue weighted by Gasteiger charge is 2.70. The number of carbonyl (C=O) groups is 4. The first-order chi connectivity index (χ1) is 24.9. The lowest BCUT2D eigenvalue weighted by molar-refractivity contribution is -0.274. The molecule has 4 amide bonds. The molecule has 4 aliphatic rings. The molecule has 4 aromatic rings. The predicted octanol–water partition coefficient (Wildman–Crippen LogP) is 7.31. The number of allylic oxidation sites excluding steroid dienone is 2. The molecule has 52 heavy (non-hydrogen) atoms. The van der Waals surface area contributed by atoms with Gasteiger partial charge in [-0.2, -0.15) is 0 Å². The van der Waals surface area contributed by atoms with Crippen LogP contribution in [0.2, 0.25) is 5.02 Å². The Bertz CT molecular complexity index is 2160. The standard InChI is InChI=1S/C40H30ClF3N2O6/c41-24-12-7-13-25(18-24)46-36(49)31-20-29-27(15-16-28-33(29)37(50)45(35(28)48)21-22-8-3-1-4-9-22)34(39(31,38(46)51)23-10-5-2-6-11-23)30-19-26(14-17-32(30)47)52-40(42,43)44/h1-15,17-19,28-29,31,33-34,47H,16,20-21H2. The van der Waals surface area contributed by atoms with Gasteiger partial charge in [0.05, 0.1) is 35.4 Å². The number of hydrogen-bond acceptors (Lipinski definition) is 6. The molecule has 264 valence electrons. The summed E-state index contributed by atoms with van der Waals surface area (Å²) in [6.07, 6.45) is -3.21. The summed E-state index contributed by atoms with van der Waals surface area (Å²) in [5.41, 5.74) is -0.0503. The quantitative estimate of drug-likeness (QED) is 0.165. The second kappa shape index (κ2) is 12.4. The molecule has 2 aliphatic carbocycles. The number of amides is 4. The molecule has 0 radical (unpaired) electrons. The number of alkyl halides is 3. The van der Waals surface area contributed by atoms with Gasteiger partial charge in [0.25, 0.3) is 0 Å². The van der Waals surface area contributed by atoms with Gasteiger partial charge in [0.15, 0.2) is 0 Å². The van der Waals surface area contributed by atoms with E-state index in [0.29, 0.717) is 11.1 Å². The van der Waals surface area contributed by atoms with Gasteiger partial charge in [-0.25, -0.2) is 4.90 Å². The van der Waals surface area contributed by atoms with Gasteiger partial charge in [0, 0.05) is 16.5 Å². The molecule has 8 rings (SSSR count). The van der Waals surface area contributed by atoms with E-state index in [0.717, 1.165) is 28.7 Å². The van der Waals surface area contributed by atoms with Crippen molar-refractivity contribution in [3.8, 4) is 11.5 Å². The van der Waals surface area contributed by atoms with E-state index in [9.17, 15) is 32.7 Å². The minimum Gasteiger partial charge on any atom is -0.508 e. The fourth-order valence-electron chi connectivity index (χ4n) is 9.04. The van der Waals surface area contributed by atoms with Crippen molar-refractivity contribution < 1.29 is 42.2 Å². The zero-order valence-electron chi connectivity index (χ0n) is 27.3. The Morgan fingerprint density at radius 3 is 2.23 bits per heavy atom. The molecule has 0 aromatic heterocycles. The Morgan fingerprint density at radius 1 is 0.827 bits per heavy atom. The molecule has 1 saturated carbocycles. The maximum Gasteiger partial charge on any atom is 0.573 e. The van der Waals surface area contributed by atoms with Gasteiger partial charge in [0.1, 0.15) is 11.5 Å². The number of carbonyl (C=O) groups excluding carboxylic acids is 4. The third-order valence-corrected chi connectivity index (χ3v) is 11.2. The molecule has 1 N–H and O–H groups in total. The van der Waals surface area contributed by atoms with Crippen LogP contribution in [0.25, 0.3) is 0 Å². The van der Waals surface area contributed by atoms with Crippen molar-refractivity contribution in [1.29, 1.82) is 0 Å². The lowest BCUT2D eigenvalue weighted by atomic mass is 9.49. The van der Waals surface area contributed by atoms with E-state index in [2.05, 4.69) is 4.74 Å². The van der Waals surface area contributed by atoms with Crippen LogP contribution in [-0.4, -0.2) is 40.0 Å². The van der Waals surface area contributed by atoms with Crippen LogP contribution in [0.5, 0.6) is 11.5 Å². The number of halogens is 4. The van der Waals surface area contributed by atoms with E-state index in [-0.39, 0.29) is 41.6 Å². The van der Waals surface area contributed by atoms with Gasteiger partial charge in [-0.15, -0.1) is 13.2 Å². The van der Waals surface area contributed by atoms with Crippen molar-refractivity contribution >= 4 is 40.9 Å². The van der Waals surface area contributed by atoms with Crippen LogP contribution in [0, 0.1) is 23.7 Å². The Hall–Kier alpha value is -5.42. The van der Waals surface area contributed by atoms with Gasteiger partial charge in [-0.1, -0.05) is 90.0 Å². The largest absolute Gasteiger partial charge is 0.573 e. The van der Waals surface area contributed by atoms with E-state index in [1.54, 1.807) is 66.7 Å².